The molecular weight excluding hydrogens is 270 g/mol. The van der Waals surface area contributed by atoms with Gasteiger partial charge >= 0.3 is 5.97 Å². The number of H-pyrrole nitrogens is 1. The van der Waals surface area contributed by atoms with E-state index < -0.39 is 5.97 Å². The number of nitrogens with one attached hydrogen (secondary N) is 1. The second-order valence-electron chi connectivity index (χ2n) is 3.58. The first-order chi connectivity index (χ1) is 9.22. The maximum absolute atomic E-state index is 10.6. The first kappa shape index (κ1) is 13.3. The third kappa shape index (κ3) is 3.19. The number of aliphatic carboxylic acids is 1. The molecule has 0 bridgehead atoms. The van der Waals surface area contributed by atoms with E-state index in [9.17, 15) is 4.79 Å². The molecule has 2 aromatic heterocycles. The summed E-state index contributed by atoms with van der Waals surface area (Å²) in [6, 6.07) is 0. The van der Waals surface area contributed by atoms with E-state index in [1.54, 1.807) is 6.33 Å². The number of hydrogen-bond donors (Lipinski definition) is 3. The van der Waals surface area contributed by atoms with E-state index in [4.69, 9.17) is 10.3 Å². The molecule has 0 radical (unpaired) electrons. The number of fused-ring (bicyclic) bond motifs is 1. The normalized spacial score (nSPS) is 11.9. The lowest BCUT2D eigenvalue weighted by molar-refractivity contribution is -0.129. The average Bonchev–Trinajstić information content (AvgIpc) is 2.87. The highest BCUT2D eigenvalue weighted by Crippen LogP contribution is 2.22. The Morgan fingerprint density at radius 1 is 1.42 bits per heavy atom. The second-order valence-corrected chi connectivity index (χ2v) is 4.67. The Kier molecular flexibility index (Phi) is 4.29. The van der Waals surface area contributed by atoms with Crippen molar-refractivity contribution in [3.05, 3.63) is 12.7 Å². The van der Waals surface area contributed by atoms with Crippen molar-refractivity contribution < 1.29 is 15.1 Å². The Morgan fingerprint density at radius 3 is 3.00 bits per heavy atom. The van der Waals surface area contributed by atoms with Crippen LogP contribution in [0.25, 0.3) is 11.2 Å². The van der Waals surface area contributed by atoms with Crippen molar-refractivity contribution in [2.24, 2.45) is 5.16 Å². The number of carboxylic acids is 1. The van der Waals surface area contributed by atoms with Crippen LogP contribution in [0.3, 0.4) is 0 Å². The predicted octanol–water partition coefficient (Wildman–Crippen LogP) is 1.14. The Labute approximate surface area is 112 Å². The van der Waals surface area contributed by atoms with Crippen LogP contribution in [0, 0.1) is 0 Å². The molecule has 0 aliphatic rings. The molecule has 19 heavy (non-hydrogen) atoms. The highest BCUT2D eigenvalue weighted by Gasteiger charge is 2.10. The van der Waals surface area contributed by atoms with Gasteiger partial charge in [0.25, 0.3) is 0 Å². The van der Waals surface area contributed by atoms with Crippen molar-refractivity contribution in [3.8, 4) is 0 Å². The molecule has 0 saturated carbocycles. The molecule has 0 spiro atoms. The molecule has 8 nitrogen and oxygen atoms in total. The third-order valence-electron chi connectivity index (χ3n) is 2.35. The minimum atomic E-state index is -1.20. The van der Waals surface area contributed by atoms with Gasteiger partial charge in [0, 0.05) is 6.42 Å². The van der Waals surface area contributed by atoms with Gasteiger partial charge in [-0.3, -0.25) is 0 Å². The van der Waals surface area contributed by atoms with Gasteiger partial charge in [0.15, 0.2) is 11.4 Å². The molecule has 0 unspecified atom stereocenters. The van der Waals surface area contributed by atoms with E-state index in [1.165, 1.54) is 18.1 Å². The molecule has 3 N–H and O–H groups in total. The Hall–Kier alpha value is -2.16. The summed E-state index contributed by atoms with van der Waals surface area (Å²) in [5.41, 5.74) is 1.12. The quantitative estimate of drug-likeness (QED) is 0.181. The maximum Gasteiger partial charge on any atom is 0.353 e. The Balaban J connectivity index is 1.90. The largest absolute Gasteiger partial charge is 0.477 e. The van der Waals surface area contributed by atoms with Crippen LogP contribution in [0.5, 0.6) is 0 Å². The molecule has 0 saturated heterocycles. The van der Waals surface area contributed by atoms with E-state index in [0.717, 1.165) is 10.5 Å². The van der Waals surface area contributed by atoms with Crippen molar-refractivity contribution in [3.63, 3.8) is 0 Å². The lowest BCUT2D eigenvalue weighted by Crippen LogP contribution is -2.12. The van der Waals surface area contributed by atoms with Crippen molar-refractivity contribution in [2.45, 2.75) is 17.9 Å². The molecule has 0 aromatic carbocycles. The van der Waals surface area contributed by atoms with Crippen molar-refractivity contribution in [1.82, 2.24) is 19.9 Å². The Morgan fingerprint density at radius 2 is 2.26 bits per heavy atom. The molecule has 0 amide bonds. The molecule has 0 fully saturated rings. The van der Waals surface area contributed by atoms with E-state index in [-0.39, 0.29) is 12.1 Å². The minimum Gasteiger partial charge on any atom is -0.477 e. The Bertz CT molecular complexity index is 612. The standard InChI is InChI=1S/C10H11N5O3S/c16-10(17)6(15-18)2-1-3-19-9-7-8(12-4-11-7)13-5-14-9/h4-5,18H,1-3H2,(H,16,17)(H,11,12,13,14)/b15-6-. The zero-order valence-corrected chi connectivity index (χ0v) is 10.6. The smallest absolute Gasteiger partial charge is 0.353 e. The van der Waals surface area contributed by atoms with E-state index >= 15 is 0 Å². The highest BCUT2D eigenvalue weighted by atomic mass is 32.2. The summed E-state index contributed by atoms with van der Waals surface area (Å²) < 4.78 is 0. The van der Waals surface area contributed by atoms with Crippen LogP contribution >= 0.6 is 11.8 Å². The van der Waals surface area contributed by atoms with Crippen LogP contribution in [0.2, 0.25) is 0 Å². The molecule has 9 heteroatoms. The fraction of sp³-hybridized carbons (Fsp3) is 0.300. The summed E-state index contributed by atoms with van der Waals surface area (Å²) in [5.74, 6) is -0.553. The lowest BCUT2D eigenvalue weighted by Gasteiger charge is -2.01. The van der Waals surface area contributed by atoms with Crippen LogP contribution in [0.15, 0.2) is 22.8 Å². The number of nitrogens with zero attached hydrogens (tertiary/aromatic N) is 4. The zero-order valence-electron chi connectivity index (χ0n) is 9.78. The summed E-state index contributed by atoms with van der Waals surface area (Å²) in [5, 5.41) is 20.7. The van der Waals surface area contributed by atoms with Crippen LogP contribution in [0.4, 0.5) is 0 Å². The number of rotatable bonds is 6. The van der Waals surface area contributed by atoms with Gasteiger partial charge < -0.3 is 15.3 Å². The molecular formula is C10H11N5O3S. The van der Waals surface area contributed by atoms with Crippen molar-refractivity contribution in [2.75, 3.05) is 5.75 Å². The van der Waals surface area contributed by atoms with Crippen LogP contribution in [0.1, 0.15) is 12.8 Å². The molecule has 100 valence electrons. The minimum absolute atomic E-state index is 0.204. The number of imidazole rings is 1. The number of oxime groups is 1. The van der Waals surface area contributed by atoms with Gasteiger partial charge in [-0.05, 0) is 12.2 Å². The molecule has 0 aliphatic carbocycles. The molecule has 2 heterocycles. The summed E-state index contributed by atoms with van der Waals surface area (Å²) in [4.78, 5) is 25.7. The monoisotopic (exact) mass is 281 g/mol. The second kappa shape index (κ2) is 6.14. The van der Waals surface area contributed by atoms with Gasteiger partial charge in [-0.25, -0.2) is 19.7 Å². The van der Waals surface area contributed by atoms with E-state index in [2.05, 4.69) is 25.1 Å². The fourth-order valence-corrected chi connectivity index (χ4v) is 2.36. The first-order valence-corrected chi connectivity index (χ1v) is 6.42. The number of carboxylic acid groups (broad SMARTS) is 1. The van der Waals surface area contributed by atoms with Gasteiger partial charge in [0.1, 0.15) is 16.9 Å². The summed E-state index contributed by atoms with van der Waals surface area (Å²) >= 11 is 1.47. The average molecular weight is 281 g/mol. The zero-order chi connectivity index (χ0) is 13.7. The van der Waals surface area contributed by atoms with Crippen LogP contribution in [-0.4, -0.2) is 47.7 Å². The molecule has 0 atom stereocenters. The maximum atomic E-state index is 10.6. The highest BCUT2D eigenvalue weighted by molar-refractivity contribution is 7.99. The van der Waals surface area contributed by atoms with Crippen LogP contribution in [-0.2, 0) is 4.79 Å². The molecule has 2 rings (SSSR count). The fourth-order valence-electron chi connectivity index (χ4n) is 1.46. The SMILES string of the molecule is O=C(O)/C(CCCSc1ncnc2nc[nH]c12)=N\O. The number of hydrogen-bond acceptors (Lipinski definition) is 7. The number of carbonyl (C=O) groups is 1. The summed E-state index contributed by atoms with van der Waals surface area (Å²) in [6.07, 6.45) is 3.75. The number of aromatic nitrogens is 4. The van der Waals surface area contributed by atoms with Gasteiger partial charge in [-0.15, -0.1) is 11.8 Å². The molecule has 0 aliphatic heterocycles. The van der Waals surface area contributed by atoms with Gasteiger partial charge in [-0.1, -0.05) is 5.16 Å². The van der Waals surface area contributed by atoms with E-state index in [0.29, 0.717) is 17.8 Å². The third-order valence-corrected chi connectivity index (χ3v) is 3.43. The van der Waals surface area contributed by atoms with E-state index in [1.807, 2.05) is 0 Å². The van der Waals surface area contributed by atoms with Gasteiger partial charge in [0.05, 0.1) is 6.33 Å². The predicted molar refractivity (Wildman–Crippen MR) is 68.5 cm³/mol. The number of thioether (sulfide) groups is 1. The van der Waals surface area contributed by atoms with Crippen LogP contribution < -0.4 is 0 Å². The topological polar surface area (TPSA) is 124 Å². The van der Waals surface area contributed by atoms with Gasteiger partial charge in [0.2, 0.25) is 0 Å². The summed E-state index contributed by atoms with van der Waals surface area (Å²) in [7, 11) is 0. The molecule has 2 aromatic rings. The van der Waals surface area contributed by atoms with Crippen molar-refractivity contribution in [1.29, 1.82) is 0 Å². The lowest BCUT2D eigenvalue weighted by atomic mass is 10.2. The first-order valence-electron chi connectivity index (χ1n) is 5.43. The van der Waals surface area contributed by atoms with Crippen molar-refractivity contribution >= 4 is 34.6 Å². The number of aromatic amines is 1. The van der Waals surface area contributed by atoms with Gasteiger partial charge in [-0.2, -0.15) is 0 Å². The summed E-state index contributed by atoms with van der Waals surface area (Å²) in [6.45, 7) is 0.